The third-order valence-corrected chi connectivity index (χ3v) is 4.57. The number of piperazine rings is 1. The van der Waals surface area contributed by atoms with E-state index in [9.17, 15) is 14.7 Å². The van der Waals surface area contributed by atoms with Gasteiger partial charge in [0.25, 0.3) is 0 Å². The minimum atomic E-state index is -0.800. The molecule has 0 radical (unpaired) electrons. The number of likely N-dealkylation sites (tertiary alicyclic amines) is 1. The molecule has 0 bridgehead atoms. The van der Waals surface area contributed by atoms with Crippen LogP contribution in [0.1, 0.15) is 26.7 Å². The third-order valence-electron chi connectivity index (χ3n) is 4.57. The number of likely N-dealkylation sites (N-methyl/N-ethyl adjacent to an activating group) is 1. The number of hydrogen-bond donors (Lipinski definition) is 1. The normalized spacial score (nSPS) is 28.5. The Kier molecular flexibility index (Phi) is 4.52. The molecule has 0 spiro atoms. The van der Waals surface area contributed by atoms with Gasteiger partial charge in [-0.05, 0) is 26.3 Å². The van der Waals surface area contributed by atoms with Gasteiger partial charge in [-0.1, -0.05) is 6.92 Å². The number of piperidine rings is 1. The first kappa shape index (κ1) is 15.1. The molecule has 2 amide bonds. The fourth-order valence-corrected chi connectivity index (χ4v) is 3.03. The summed E-state index contributed by atoms with van der Waals surface area (Å²) in [5, 5.41) is 9.32. The maximum Gasteiger partial charge on any atom is 0.320 e. The molecular formula is C14H25N3O3. The van der Waals surface area contributed by atoms with E-state index in [1.807, 2.05) is 4.90 Å². The van der Waals surface area contributed by atoms with Gasteiger partial charge < -0.3 is 19.8 Å². The molecule has 114 valence electrons. The second-order valence-electron chi connectivity index (χ2n) is 6.09. The predicted molar refractivity (Wildman–Crippen MR) is 75.6 cm³/mol. The van der Waals surface area contributed by atoms with Crippen LogP contribution in [-0.4, -0.2) is 77.6 Å². The lowest BCUT2D eigenvalue weighted by Crippen LogP contribution is -2.56. The topological polar surface area (TPSA) is 64.1 Å². The Bertz CT molecular complexity index is 380. The van der Waals surface area contributed by atoms with Crippen LogP contribution in [0.15, 0.2) is 0 Å². The SMILES string of the molecule is CCN1CCN(C(=O)N2CCCC(C)(C(=O)O)C2)CC1. The van der Waals surface area contributed by atoms with Crippen molar-refractivity contribution in [1.82, 2.24) is 14.7 Å². The Morgan fingerprint density at radius 1 is 1.10 bits per heavy atom. The van der Waals surface area contributed by atoms with Crippen molar-refractivity contribution in [3.05, 3.63) is 0 Å². The van der Waals surface area contributed by atoms with E-state index in [2.05, 4.69) is 11.8 Å². The van der Waals surface area contributed by atoms with Crippen molar-refractivity contribution in [2.75, 3.05) is 45.8 Å². The van der Waals surface area contributed by atoms with E-state index >= 15 is 0 Å². The molecule has 2 heterocycles. The van der Waals surface area contributed by atoms with Gasteiger partial charge in [0.05, 0.1) is 5.41 Å². The summed E-state index contributed by atoms with van der Waals surface area (Å²) in [7, 11) is 0. The largest absolute Gasteiger partial charge is 0.481 e. The van der Waals surface area contributed by atoms with Gasteiger partial charge in [-0.15, -0.1) is 0 Å². The van der Waals surface area contributed by atoms with Gasteiger partial charge in [-0.3, -0.25) is 4.79 Å². The van der Waals surface area contributed by atoms with Crippen molar-refractivity contribution in [2.45, 2.75) is 26.7 Å². The summed E-state index contributed by atoms with van der Waals surface area (Å²) >= 11 is 0. The minimum Gasteiger partial charge on any atom is -0.481 e. The summed E-state index contributed by atoms with van der Waals surface area (Å²) < 4.78 is 0. The number of rotatable bonds is 2. The van der Waals surface area contributed by atoms with Crippen LogP contribution in [0.2, 0.25) is 0 Å². The standard InChI is InChI=1S/C14H25N3O3/c1-3-15-7-9-16(10-8-15)13(20)17-6-4-5-14(2,11-17)12(18)19/h3-11H2,1-2H3,(H,18,19). The van der Waals surface area contributed by atoms with Crippen LogP contribution >= 0.6 is 0 Å². The van der Waals surface area contributed by atoms with Crippen molar-refractivity contribution >= 4 is 12.0 Å². The van der Waals surface area contributed by atoms with Crippen LogP contribution in [0.3, 0.4) is 0 Å². The molecular weight excluding hydrogens is 258 g/mol. The first-order chi connectivity index (χ1) is 9.46. The van der Waals surface area contributed by atoms with Gasteiger partial charge in [-0.25, -0.2) is 4.79 Å². The average Bonchev–Trinajstić information content (AvgIpc) is 2.46. The van der Waals surface area contributed by atoms with Gasteiger partial charge >= 0.3 is 12.0 Å². The number of urea groups is 1. The zero-order valence-electron chi connectivity index (χ0n) is 12.5. The number of amides is 2. The van der Waals surface area contributed by atoms with Crippen molar-refractivity contribution < 1.29 is 14.7 Å². The highest BCUT2D eigenvalue weighted by Gasteiger charge is 2.40. The molecule has 2 rings (SSSR count). The molecule has 6 heteroatoms. The van der Waals surface area contributed by atoms with Crippen LogP contribution < -0.4 is 0 Å². The molecule has 1 N–H and O–H groups in total. The van der Waals surface area contributed by atoms with Crippen LogP contribution in [0.5, 0.6) is 0 Å². The average molecular weight is 283 g/mol. The number of carbonyl (C=O) groups is 2. The molecule has 1 unspecified atom stereocenters. The summed E-state index contributed by atoms with van der Waals surface area (Å²) in [4.78, 5) is 29.7. The third kappa shape index (κ3) is 3.06. The lowest BCUT2D eigenvalue weighted by molar-refractivity contribution is -0.150. The van der Waals surface area contributed by atoms with E-state index in [-0.39, 0.29) is 6.03 Å². The Hall–Kier alpha value is -1.30. The van der Waals surface area contributed by atoms with Gasteiger partial charge in [0, 0.05) is 39.3 Å². The molecule has 20 heavy (non-hydrogen) atoms. The van der Waals surface area contributed by atoms with E-state index in [0.29, 0.717) is 19.5 Å². The predicted octanol–water partition coefficient (Wildman–Crippen LogP) is 0.931. The molecule has 2 fully saturated rings. The maximum atomic E-state index is 12.5. The molecule has 0 aromatic carbocycles. The van der Waals surface area contributed by atoms with E-state index < -0.39 is 11.4 Å². The first-order valence-corrected chi connectivity index (χ1v) is 7.46. The molecule has 0 aromatic heterocycles. The fraction of sp³-hybridized carbons (Fsp3) is 0.857. The fourth-order valence-electron chi connectivity index (χ4n) is 3.03. The minimum absolute atomic E-state index is 0.00734. The maximum absolute atomic E-state index is 12.5. The van der Waals surface area contributed by atoms with Crippen molar-refractivity contribution in [1.29, 1.82) is 0 Å². The highest BCUT2D eigenvalue weighted by atomic mass is 16.4. The number of hydrogen-bond acceptors (Lipinski definition) is 3. The quantitative estimate of drug-likeness (QED) is 0.819. The van der Waals surface area contributed by atoms with E-state index in [1.165, 1.54) is 0 Å². The number of carboxylic acids is 1. The Morgan fingerprint density at radius 2 is 1.75 bits per heavy atom. The Balaban J connectivity index is 1.94. The Labute approximate surface area is 120 Å². The molecule has 0 aliphatic carbocycles. The molecule has 2 saturated heterocycles. The van der Waals surface area contributed by atoms with Crippen LogP contribution in [0.4, 0.5) is 4.79 Å². The van der Waals surface area contributed by atoms with Crippen molar-refractivity contribution in [3.8, 4) is 0 Å². The highest BCUT2D eigenvalue weighted by molar-refractivity contribution is 5.78. The lowest BCUT2D eigenvalue weighted by atomic mass is 9.82. The van der Waals surface area contributed by atoms with Gasteiger partial charge in [0.2, 0.25) is 0 Å². The summed E-state index contributed by atoms with van der Waals surface area (Å²) in [5.74, 6) is -0.800. The second kappa shape index (κ2) is 5.99. The summed E-state index contributed by atoms with van der Waals surface area (Å²) in [6.07, 6.45) is 1.42. The highest BCUT2D eigenvalue weighted by Crippen LogP contribution is 2.30. The van der Waals surface area contributed by atoms with E-state index in [4.69, 9.17) is 0 Å². The number of carboxylic acid groups (broad SMARTS) is 1. The summed E-state index contributed by atoms with van der Waals surface area (Å²) in [6, 6.07) is 0.00734. The summed E-state index contributed by atoms with van der Waals surface area (Å²) in [5.41, 5.74) is -0.793. The number of aliphatic carboxylic acids is 1. The molecule has 1 atom stereocenters. The van der Waals surface area contributed by atoms with Gasteiger partial charge in [0.15, 0.2) is 0 Å². The van der Waals surface area contributed by atoms with Gasteiger partial charge in [-0.2, -0.15) is 0 Å². The monoisotopic (exact) mass is 283 g/mol. The lowest BCUT2D eigenvalue weighted by Gasteiger charge is -2.42. The van der Waals surface area contributed by atoms with Gasteiger partial charge in [0.1, 0.15) is 0 Å². The molecule has 2 aliphatic rings. The molecule has 6 nitrogen and oxygen atoms in total. The zero-order chi connectivity index (χ0) is 14.8. The Morgan fingerprint density at radius 3 is 2.30 bits per heavy atom. The first-order valence-electron chi connectivity index (χ1n) is 7.46. The molecule has 0 aromatic rings. The zero-order valence-corrected chi connectivity index (χ0v) is 12.5. The summed E-state index contributed by atoms with van der Waals surface area (Å²) in [6.45, 7) is 9.19. The molecule has 2 aliphatic heterocycles. The van der Waals surface area contributed by atoms with Crippen LogP contribution in [0, 0.1) is 5.41 Å². The van der Waals surface area contributed by atoms with Crippen LogP contribution in [-0.2, 0) is 4.79 Å². The van der Waals surface area contributed by atoms with E-state index in [1.54, 1.807) is 11.8 Å². The molecule has 0 saturated carbocycles. The second-order valence-corrected chi connectivity index (χ2v) is 6.09. The van der Waals surface area contributed by atoms with Crippen LogP contribution in [0.25, 0.3) is 0 Å². The van der Waals surface area contributed by atoms with E-state index in [0.717, 1.165) is 39.1 Å². The smallest absolute Gasteiger partial charge is 0.320 e. The number of carbonyl (C=O) groups excluding carboxylic acids is 1. The number of nitrogens with zero attached hydrogens (tertiary/aromatic N) is 3. The van der Waals surface area contributed by atoms with Crippen molar-refractivity contribution in [2.24, 2.45) is 5.41 Å². The van der Waals surface area contributed by atoms with Crippen molar-refractivity contribution in [3.63, 3.8) is 0 Å².